The zero-order chi connectivity index (χ0) is 43.6. The zero-order valence-electron chi connectivity index (χ0n) is 39.9. The van der Waals surface area contributed by atoms with E-state index in [4.69, 9.17) is 0 Å². The second-order valence-electron chi connectivity index (χ2n) is 18.9. The maximum absolute atomic E-state index is 2.53. The van der Waals surface area contributed by atoms with Crippen molar-refractivity contribution >= 4 is 0 Å². The fourth-order valence-electron chi connectivity index (χ4n) is 9.71. The van der Waals surface area contributed by atoms with Crippen LogP contribution >= 0.6 is 0 Å². The Kier molecular flexibility index (Phi) is 16.1. The summed E-state index contributed by atoms with van der Waals surface area (Å²) in [6.45, 7) is 25.4. The molecule has 6 rings (SSSR count). The molecule has 0 bridgehead atoms. The van der Waals surface area contributed by atoms with Crippen molar-refractivity contribution in [2.24, 2.45) is 0 Å². The molecule has 0 fully saturated rings. The molecule has 6 aromatic carbocycles. The van der Waals surface area contributed by atoms with Crippen LogP contribution in [0, 0.1) is 34.6 Å². The number of rotatable bonds is 19. The van der Waals surface area contributed by atoms with Crippen LogP contribution in [0.5, 0.6) is 0 Å². The molecule has 0 radical (unpaired) electrons. The Morgan fingerprint density at radius 1 is 0.328 bits per heavy atom. The van der Waals surface area contributed by atoms with Crippen molar-refractivity contribution < 1.29 is 0 Å². The van der Waals surface area contributed by atoms with Gasteiger partial charge in [-0.25, -0.2) is 0 Å². The Labute approximate surface area is 372 Å². The first-order chi connectivity index (χ1) is 29.4. The fraction of sp³-hybridized carbons (Fsp3) is 0.410. The van der Waals surface area contributed by atoms with Gasteiger partial charge in [0.15, 0.2) is 0 Å². The average Bonchev–Trinajstić information content (AvgIpc) is 3.26. The fourth-order valence-corrected chi connectivity index (χ4v) is 9.71. The highest BCUT2D eigenvalue weighted by molar-refractivity contribution is 5.82. The Hall–Kier alpha value is -4.68. The van der Waals surface area contributed by atoms with Crippen molar-refractivity contribution in [2.45, 2.75) is 165 Å². The normalized spacial score (nSPS) is 13.0. The SMILES string of the molecule is CCCCCCCCCCC(C)c1cc(-c2ccc(-c3ccc(C)cc3C(C)CC)c(C)c2)ccc1-c1ccc(-c2ccc(-c3ccc(C)cc3C)c(C(C)CC)c2)cc1C. The lowest BCUT2D eigenvalue weighted by Gasteiger charge is -2.21. The number of benzene rings is 6. The van der Waals surface area contributed by atoms with Crippen molar-refractivity contribution in [1.82, 2.24) is 0 Å². The van der Waals surface area contributed by atoms with Gasteiger partial charge in [0.05, 0.1) is 0 Å². The molecular weight excluding hydrogens is 733 g/mol. The highest BCUT2D eigenvalue weighted by Gasteiger charge is 2.19. The molecule has 0 heterocycles. The van der Waals surface area contributed by atoms with E-state index in [1.807, 2.05) is 0 Å². The summed E-state index contributed by atoms with van der Waals surface area (Å²) in [5.41, 5.74) is 24.5. The van der Waals surface area contributed by atoms with Gasteiger partial charge in [0.1, 0.15) is 0 Å². The third-order valence-electron chi connectivity index (χ3n) is 14.0. The van der Waals surface area contributed by atoms with Crippen LogP contribution in [0.15, 0.2) is 109 Å². The van der Waals surface area contributed by atoms with Crippen molar-refractivity contribution in [3.63, 3.8) is 0 Å². The molecule has 0 N–H and O–H groups in total. The van der Waals surface area contributed by atoms with Gasteiger partial charge in [-0.1, -0.05) is 213 Å². The summed E-state index contributed by atoms with van der Waals surface area (Å²) in [7, 11) is 0. The molecule has 320 valence electrons. The molecule has 0 spiro atoms. The Morgan fingerprint density at radius 2 is 0.672 bits per heavy atom. The number of hydrogen-bond donors (Lipinski definition) is 0. The van der Waals surface area contributed by atoms with Gasteiger partial charge >= 0.3 is 0 Å². The van der Waals surface area contributed by atoms with E-state index < -0.39 is 0 Å². The van der Waals surface area contributed by atoms with Crippen LogP contribution in [0.25, 0.3) is 55.6 Å². The minimum atomic E-state index is 0.469. The predicted molar refractivity (Wildman–Crippen MR) is 270 cm³/mol. The van der Waals surface area contributed by atoms with Crippen molar-refractivity contribution in [1.29, 1.82) is 0 Å². The summed E-state index contributed by atoms with van der Waals surface area (Å²) in [6.07, 6.45) is 14.3. The molecule has 3 unspecified atom stereocenters. The third kappa shape index (κ3) is 11.0. The van der Waals surface area contributed by atoms with Crippen LogP contribution in [-0.4, -0.2) is 0 Å². The lowest BCUT2D eigenvalue weighted by Crippen LogP contribution is -2.00. The van der Waals surface area contributed by atoms with Crippen LogP contribution in [0.3, 0.4) is 0 Å². The van der Waals surface area contributed by atoms with Gasteiger partial charge in [-0.3, -0.25) is 0 Å². The molecule has 0 aliphatic carbocycles. The van der Waals surface area contributed by atoms with E-state index in [0.717, 1.165) is 12.8 Å². The third-order valence-corrected chi connectivity index (χ3v) is 14.0. The average molecular weight is 809 g/mol. The maximum atomic E-state index is 2.53. The van der Waals surface area contributed by atoms with Crippen molar-refractivity contribution in [3.8, 4) is 55.6 Å². The first-order valence-corrected chi connectivity index (χ1v) is 24.1. The molecule has 0 aliphatic rings. The standard InChI is InChI=1S/C61H76/c1-12-15-16-17-18-19-20-21-22-45(8)61-40-52(50-25-31-54(47(10)37-50)56-30-24-42(5)36-59(56)43(6)13-2)28-34-58(61)55-32-26-49(38-48(55)11)51-27-33-57(60(39-51)44(7)14-3)53-29-23-41(4)35-46(53)9/h23-40,43-45H,12-22H2,1-11H3. The largest absolute Gasteiger partial charge is 0.0654 e. The van der Waals surface area contributed by atoms with E-state index in [2.05, 4.69) is 185 Å². The highest BCUT2D eigenvalue weighted by Crippen LogP contribution is 2.41. The second-order valence-corrected chi connectivity index (χ2v) is 18.9. The summed E-state index contributed by atoms with van der Waals surface area (Å²) in [5, 5.41) is 0. The van der Waals surface area contributed by atoms with Crippen LogP contribution in [-0.2, 0) is 0 Å². The number of unbranched alkanes of at least 4 members (excludes halogenated alkanes) is 7. The van der Waals surface area contributed by atoms with E-state index >= 15 is 0 Å². The number of aryl methyl sites for hydroxylation is 5. The Balaban J connectivity index is 1.34. The molecular formula is C61H76. The maximum Gasteiger partial charge on any atom is -0.0146 e. The van der Waals surface area contributed by atoms with E-state index in [0.29, 0.717) is 17.8 Å². The molecule has 0 aromatic heterocycles. The molecule has 6 aromatic rings. The van der Waals surface area contributed by atoms with Gasteiger partial charge in [-0.15, -0.1) is 0 Å². The van der Waals surface area contributed by atoms with Gasteiger partial charge in [-0.2, -0.15) is 0 Å². The zero-order valence-corrected chi connectivity index (χ0v) is 39.9. The lowest BCUT2D eigenvalue weighted by molar-refractivity contribution is 0.544. The van der Waals surface area contributed by atoms with Crippen LogP contribution in [0.2, 0.25) is 0 Å². The van der Waals surface area contributed by atoms with Crippen molar-refractivity contribution in [2.75, 3.05) is 0 Å². The van der Waals surface area contributed by atoms with E-state index in [1.165, 1.54) is 158 Å². The predicted octanol–water partition coefficient (Wildman–Crippen LogP) is 19.2. The summed E-state index contributed by atoms with van der Waals surface area (Å²) in [6, 6.07) is 42.8. The molecule has 61 heavy (non-hydrogen) atoms. The molecule has 0 aliphatic heterocycles. The van der Waals surface area contributed by atoms with E-state index in [-0.39, 0.29) is 0 Å². The molecule has 0 nitrogen and oxygen atoms in total. The summed E-state index contributed by atoms with van der Waals surface area (Å²) >= 11 is 0. The quantitative estimate of drug-likeness (QED) is 0.0715. The van der Waals surface area contributed by atoms with Gasteiger partial charge in [0.25, 0.3) is 0 Å². The summed E-state index contributed by atoms with van der Waals surface area (Å²) < 4.78 is 0. The Bertz CT molecular complexity index is 2390. The summed E-state index contributed by atoms with van der Waals surface area (Å²) in [4.78, 5) is 0. The first kappa shape index (κ1) is 45.8. The molecule has 0 amide bonds. The smallest absolute Gasteiger partial charge is 0.0146 e. The van der Waals surface area contributed by atoms with Crippen LogP contribution in [0.4, 0.5) is 0 Å². The lowest BCUT2D eigenvalue weighted by atomic mass is 9.83. The Morgan fingerprint density at radius 3 is 1.11 bits per heavy atom. The topological polar surface area (TPSA) is 0 Å². The molecule has 0 heteroatoms. The molecule has 3 atom stereocenters. The van der Waals surface area contributed by atoms with Gasteiger partial charge < -0.3 is 0 Å². The molecule has 0 saturated carbocycles. The van der Waals surface area contributed by atoms with Gasteiger partial charge in [0, 0.05) is 0 Å². The number of hydrogen-bond acceptors (Lipinski definition) is 0. The minimum absolute atomic E-state index is 0.469. The monoisotopic (exact) mass is 809 g/mol. The van der Waals surface area contributed by atoms with Crippen LogP contribution in [0.1, 0.15) is 174 Å². The van der Waals surface area contributed by atoms with Crippen molar-refractivity contribution in [3.05, 3.63) is 154 Å². The second kappa shape index (κ2) is 21.4. The minimum Gasteiger partial charge on any atom is -0.0654 e. The first-order valence-electron chi connectivity index (χ1n) is 24.1. The van der Waals surface area contributed by atoms with E-state index in [1.54, 1.807) is 0 Å². The summed E-state index contributed by atoms with van der Waals surface area (Å²) in [5.74, 6) is 1.47. The van der Waals surface area contributed by atoms with E-state index in [9.17, 15) is 0 Å². The van der Waals surface area contributed by atoms with Crippen LogP contribution < -0.4 is 0 Å². The molecule has 0 saturated heterocycles. The van der Waals surface area contributed by atoms with Gasteiger partial charge in [-0.05, 0) is 161 Å². The van der Waals surface area contributed by atoms with Gasteiger partial charge in [0.2, 0.25) is 0 Å². The highest BCUT2D eigenvalue weighted by atomic mass is 14.2.